The topological polar surface area (TPSA) is 72.7 Å². The summed E-state index contributed by atoms with van der Waals surface area (Å²) in [5.74, 6) is -0.0446. The summed E-state index contributed by atoms with van der Waals surface area (Å²) < 4.78 is 1.82. The van der Waals surface area contributed by atoms with Crippen LogP contribution >= 0.6 is 23.5 Å². The first kappa shape index (κ1) is 15.4. The van der Waals surface area contributed by atoms with Gasteiger partial charge >= 0.3 is 0 Å². The quantitative estimate of drug-likeness (QED) is 0.818. The lowest BCUT2D eigenvalue weighted by Crippen LogP contribution is -2.23. The van der Waals surface area contributed by atoms with Crippen LogP contribution in [0.1, 0.15) is 25.8 Å². The van der Waals surface area contributed by atoms with Gasteiger partial charge in [-0.15, -0.1) is 16.9 Å². The minimum Gasteiger partial charge on any atom is -0.324 e. The summed E-state index contributed by atoms with van der Waals surface area (Å²) in [5, 5.41) is 15.2. The van der Waals surface area contributed by atoms with E-state index in [9.17, 15) is 4.79 Å². The Balaban J connectivity index is 1.65. The second-order valence-corrected chi connectivity index (χ2v) is 7.24. The summed E-state index contributed by atoms with van der Waals surface area (Å²) in [6, 6.07) is 8.19. The molecule has 1 atom stereocenters. The number of carbonyl (C=O) groups excluding carboxylic acids is 1. The molecule has 1 unspecified atom stereocenters. The smallest absolute Gasteiger partial charge is 0.237 e. The lowest BCUT2D eigenvalue weighted by atomic mass is 10.3. The molecule has 0 saturated heterocycles. The van der Waals surface area contributed by atoms with E-state index in [2.05, 4.69) is 20.8 Å². The van der Waals surface area contributed by atoms with E-state index < -0.39 is 0 Å². The fraction of sp³-hybridized carbons (Fsp3) is 0.429. The van der Waals surface area contributed by atoms with Crippen molar-refractivity contribution in [3.8, 4) is 0 Å². The van der Waals surface area contributed by atoms with Crippen molar-refractivity contribution >= 4 is 35.1 Å². The van der Waals surface area contributed by atoms with Crippen LogP contribution in [-0.4, -0.2) is 37.6 Å². The molecule has 1 amide bonds. The van der Waals surface area contributed by atoms with Crippen molar-refractivity contribution in [2.24, 2.45) is 0 Å². The molecule has 3 rings (SSSR count). The van der Waals surface area contributed by atoms with Crippen LogP contribution in [0, 0.1) is 0 Å². The number of aromatic nitrogens is 4. The van der Waals surface area contributed by atoms with Gasteiger partial charge in [-0.3, -0.25) is 4.79 Å². The predicted octanol–water partition coefficient (Wildman–Crippen LogP) is 2.85. The van der Waals surface area contributed by atoms with Gasteiger partial charge in [-0.2, -0.15) is 0 Å². The maximum absolute atomic E-state index is 12.4. The van der Waals surface area contributed by atoms with Crippen molar-refractivity contribution in [2.45, 2.75) is 41.1 Å². The Hall–Kier alpha value is -1.54. The first-order chi connectivity index (χ1) is 10.7. The maximum Gasteiger partial charge on any atom is 0.237 e. The van der Waals surface area contributed by atoms with E-state index in [0.29, 0.717) is 11.2 Å². The van der Waals surface area contributed by atoms with E-state index in [1.165, 1.54) is 11.8 Å². The van der Waals surface area contributed by atoms with Crippen LogP contribution in [0.2, 0.25) is 0 Å². The van der Waals surface area contributed by atoms with Crippen molar-refractivity contribution in [1.82, 2.24) is 20.2 Å². The number of anilines is 1. The molecule has 6 nitrogen and oxygen atoms in total. The van der Waals surface area contributed by atoms with Crippen molar-refractivity contribution in [2.75, 3.05) is 11.6 Å². The number of tetrazole rings is 1. The third kappa shape index (κ3) is 3.44. The van der Waals surface area contributed by atoms with Gasteiger partial charge in [0.25, 0.3) is 0 Å². The minimum atomic E-state index is -0.265. The standard InChI is InChI=1S/C14H17N5OS2/c1-9(22-14-16-17-18-19(14)10-7-8-10)13(20)15-11-5-3-4-6-12(11)21-2/h3-6,9-10H,7-8H2,1-2H3,(H,15,20). The first-order valence-electron chi connectivity index (χ1n) is 7.07. The van der Waals surface area contributed by atoms with Gasteiger partial charge in [0.15, 0.2) is 0 Å². The van der Waals surface area contributed by atoms with Crippen molar-refractivity contribution < 1.29 is 4.79 Å². The Morgan fingerprint density at radius 2 is 2.18 bits per heavy atom. The monoisotopic (exact) mass is 335 g/mol. The SMILES string of the molecule is CSc1ccccc1NC(=O)C(C)Sc1nnnn1C1CC1. The van der Waals surface area contributed by atoms with E-state index in [1.54, 1.807) is 11.8 Å². The van der Waals surface area contributed by atoms with Gasteiger partial charge in [0, 0.05) is 4.90 Å². The summed E-state index contributed by atoms with van der Waals surface area (Å²) in [6.07, 6.45) is 4.22. The van der Waals surface area contributed by atoms with E-state index in [0.717, 1.165) is 23.4 Å². The highest BCUT2D eigenvalue weighted by Crippen LogP contribution is 2.37. The molecular formula is C14H17N5OS2. The largest absolute Gasteiger partial charge is 0.324 e. The Kier molecular flexibility index (Phi) is 4.68. The predicted molar refractivity (Wildman–Crippen MR) is 88.3 cm³/mol. The summed E-state index contributed by atoms with van der Waals surface area (Å²) >= 11 is 3.01. The van der Waals surface area contributed by atoms with Crippen LogP contribution in [0.15, 0.2) is 34.3 Å². The molecule has 8 heteroatoms. The molecule has 1 N–H and O–H groups in total. The minimum absolute atomic E-state index is 0.0446. The van der Waals surface area contributed by atoms with Crippen LogP contribution in [0.4, 0.5) is 5.69 Å². The van der Waals surface area contributed by atoms with Gasteiger partial charge in [0.05, 0.1) is 17.0 Å². The summed E-state index contributed by atoms with van der Waals surface area (Å²) in [7, 11) is 0. The van der Waals surface area contributed by atoms with Crippen LogP contribution in [0.3, 0.4) is 0 Å². The van der Waals surface area contributed by atoms with Crippen LogP contribution in [0.5, 0.6) is 0 Å². The van der Waals surface area contributed by atoms with Crippen LogP contribution < -0.4 is 5.32 Å². The molecule has 1 aliphatic carbocycles. The maximum atomic E-state index is 12.4. The molecule has 116 valence electrons. The fourth-order valence-corrected chi connectivity index (χ4v) is 3.42. The zero-order valence-corrected chi connectivity index (χ0v) is 14.0. The number of rotatable bonds is 6. The third-order valence-corrected chi connectivity index (χ3v) is 5.21. The molecule has 1 aromatic carbocycles. The molecule has 2 aromatic rings. The molecule has 1 heterocycles. The number of amides is 1. The molecular weight excluding hydrogens is 318 g/mol. The molecule has 0 spiro atoms. The zero-order valence-electron chi connectivity index (χ0n) is 12.4. The lowest BCUT2D eigenvalue weighted by Gasteiger charge is -2.13. The molecule has 0 aliphatic heterocycles. The Morgan fingerprint density at radius 3 is 2.91 bits per heavy atom. The summed E-state index contributed by atoms with van der Waals surface area (Å²) in [5.41, 5.74) is 0.842. The number of para-hydroxylation sites is 1. The van der Waals surface area contributed by atoms with Crippen molar-refractivity contribution in [3.05, 3.63) is 24.3 Å². The normalized spacial score (nSPS) is 15.5. The van der Waals surface area contributed by atoms with Gasteiger partial charge in [-0.1, -0.05) is 23.9 Å². The van der Waals surface area contributed by atoms with Gasteiger partial charge in [-0.05, 0) is 48.6 Å². The number of thioether (sulfide) groups is 2. The average molecular weight is 335 g/mol. The first-order valence-corrected chi connectivity index (χ1v) is 9.18. The summed E-state index contributed by atoms with van der Waals surface area (Å²) in [4.78, 5) is 13.4. The molecule has 1 fully saturated rings. The number of nitrogens with zero attached hydrogens (tertiary/aromatic N) is 4. The van der Waals surface area contributed by atoms with Crippen LogP contribution in [-0.2, 0) is 4.79 Å². The Labute approximate surface area is 137 Å². The molecule has 1 aliphatic rings. The van der Waals surface area contributed by atoms with Gasteiger partial charge in [0.2, 0.25) is 11.1 Å². The highest BCUT2D eigenvalue weighted by Gasteiger charge is 2.29. The molecule has 1 saturated carbocycles. The van der Waals surface area contributed by atoms with E-state index in [4.69, 9.17) is 0 Å². The van der Waals surface area contributed by atoms with E-state index in [1.807, 2.05) is 42.1 Å². The molecule has 1 aromatic heterocycles. The van der Waals surface area contributed by atoms with Gasteiger partial charge in [0.1, 0.15) is 0 Å². The highest BCUT2D eigenvalue weighted by molar-refractivity contribution is 8.00. The van der Waals surface area contributed by atoms with Crippen molar-refractivity contribution in [1.29, 1.82) is 0 Å². The third-order valence-electron chi connectivity index (χ3n) is 3.37. The summed E-state index contributed by atoms with van der Waals surface area (Å²) in [6.45, 7) is 1.87. The van der Waals surface area contributed by atoms with E-state index >= 15 is 0 Å². The molecule has 0 radical (unpaired) electrons. The van der Waals surface area contributed by atoms with Crippen molar-refractivity contribution in [3.63, 3.8) is 0 Å². The lowest BCUT2D eigenvalue weighted by molar-refractivity contribution is -0.115. The number of benzene rings is 1. The average Bonchev–Trinajstić information content (AvgIpc) is 3.27. The van der Waals surface area contributed by atoms with Crippen LogP contribution in [0.25, 0.3) is 0 Å². The Bertz CT molecular complexity index is 671. The second-order valence-electron chi connectivity index (χ2n) is 5.09. The van der Waals surface area contributed by atoms with E-state index in [-0.39, 0.29) is 11.2 Å². The zero-order chi connectivity index (χ0) is 15.5. The number of nitrogens with one attached hydrogen (secondary N) is 1. The highest BCUT2D eigenvalue weighted by atomic mass is 32.2. The Morgan fingerprint density at radius 1 is 1.41 bits per heavy atom. The second kappa shape index (κ2) is 6.70. The van der Waals surface area contributed by atoms with Gasteiger partial charge in [-0.25, -0.2) is 4.68 Å². The fourth-order valence-electron chi connectivity index (χ4n) is 2.01. The van der Waals surface area contributed by atoms with Gasteiger partial charge < -0.3 is 5.32 Å². The number of hydrogen-bond acceptors (Lipinski definition) is 6. The number of carbonyl (C=O) groups is 1. The molecule has 22 heavy (non-hydrogen) atoms. The number of hydrogen-bond donors (Lipinski definition) is 1. The molecule has 0 bridgehead atoms.